The van der Waals surface area contributed by atoms with Gasteiger partial charge in [0.25, 0.3) is 0 Å². The van der Waals surface area contributed by atoms with Gasteiger partial charge in [0, 0.05) is 36.9 Å². The molecule has 3 nitrogen and oxygen atoms in total. The zero-order chi connectivity index (χ0) is 13.7. The summed E-state index contributed by atoms with van der Waals surface area (Å²) < 4.78 is 0. The number of benzene rings is 1. The van der Waals surface area contributed by atoms with Gasteiger partial charge in [-0.25, -0.2) is 0 Å². The molecule has 2 heterocycles. The summed E-state index contributed by atoms with van der Waals surface area (Å²) >= 11 is 0. The van der Waals surface area contributed by atoms with Crippen molar-refractivity contribution in [2.45, 2.75) is 50.7 Å². The molecule has 3 aliphatic rings. The Morgan fingerprint density at radius 1 is 1.20 bits per heavy atom. The van der Waals surface area contributed by atoms with Crippen LogP contribution in [0.25, 0.3) is 0 Å². The second kappa shape index (κ2) is 4.74. The van der Waals surface area contributed by atoms with E-state index in [1.54, 1.807) is 0 Å². The number of nitrogens with zero attached hydrogens (tertiary/aromatic N) is 2. The molecule has 1 aromatic rings. The van der Waals surface area contributed by atoms with Crippen molar-refractivity contribution >= 4 is 5.69 Å². The number of piperazine rings is 1. The first kappa shape index (κ1) is 12.7. The van der Waals surface area contributed by atoms with Crippen LogP contribution in [0.4, 0.5) is 5.69 Å². The predicted octanol–water partition coefficient (Wildman–Crippen LogP) is 2.42. The maximum Gasteiger partial charge on any atom is 0.0358 e. The lowest BCUT2D eigenvalue weighted by Gasteiger charge is -2.45. The van der Waals surface area contributed by atoms with Crippen molar-refractivity contribution in [3.63, 3.8) is 0 Å². The highest BCUT2D eigenvalue weighted by Gasteiger charge is 2.39. The fourth-order valence-corrected chi connectivity index (χ4v) is 4.60. The lowest BCUT2D eigenvalue weighted by atomic mass is 10.0. The molecule has 3 heteroatoms. The van der Waals surface area contributed by atoms with Gasteiger partial charge in [-0.1, -0.05) is 6.07 Å². The van der Waals surface area contributed by atoms with Crippen molar-refractivity contribution in [1.29, 1.82) is 0 Å². The van der Waals surface area contributed by atoms with Crippen molar-refractivity contribution in [1.82, 2.24) is 9.80 Å². The van der Waals surface area contributed by atoms with Crippen molar-refractivity contribution in [2.75, 3.05) is 25.4 Å². The van der Waals surface area contributed by atoms with Gasteiger partial charge < -0.3 is 5.73 Å². The summed E-state index contributed by atoms with van der Waals surface area (Å²) in [7, 11) is 0. The Kier molecular flexibility index (Phi) is 3.00. The quantitative estimate of drug-likeness (QED) is 0.796. The lowest BCUT2D eigenvalue weighted by molar-refractivity contribution is 0.0276. The van der Waals surface area contributed by atoms with E-state index in [2.05, 4.69) is 34.9 Å². The molecular formula is C17H25N3. The van der Waals surface area contributed by atoms with Gasteiger partial charge in [0.05, 0.1) is 0 Å². The third kappa shape index (κ3) is 1.95. The molecule has 0 bridgehead atoms. The van der Waals surface area contributed by atoms with Crippen LogP contribution in [0.3, 0.4) is 0 Å². The van der Waals surface area contributed by atoms with E-state index < -0.39 is 0 Å². The van der Waals surface area contributed by atoms with Crippen LogP contribution in [0.2, 0.25) is 0 Å². The minimum Gasteiger partial charge on any atom is -0.399 e. The van der Waals surface area contributed by atoms with E-state index in [9.17, 15) is 0 Å². The van der Waals surface area contributed by atoms with Crippen LogP contribution in [0.15, 0.2) is 18.2 Å². The summed E-state index contributed by atoms with van der Waals surface area (Å²) in [6.45, 7) is 6.24. The van der Waals surface area contributed by atoms with E-state index in [-0.39, 0.29) is 0 Å². The van der Waals surface area contributed by atoms with E-state index in [0.717, 1.165) is 11.7 Å². The molecule has 0 amide bonds. The molecule has 108 valence electrons. The molecule has 0 radical (unpaired) electrons. The summed E-state index contributed by atoms with van der Waals surface area (Å²) in [6, 6.07) is 8.65. The summed E-state index contributed by atoms with van der Waals surface area (Å²) in [5.41, 5.74) is 9.87. The molecule has 3 unspecified atom stereocenters. The number of fused-ring (bicyclic) bond motifs is 2. The predicted molar refractivity (Wildman–Crippen MR) is 82.7 cm³/mol. The van der Waals surface area contributed by atoms with Crippen LogP contribution in [0.1, 0.15) is 43.4 Å². The lowest BCUT2D eigenvalue weighted by Crippen LogP contribution is -2.55. The van der Waals surface area contributed by atoms with Crippen LogP contribution in [-0.2, 0) is 6.42 Å². The van der Waals surface area contributed by atoms with Gasteiger partial charge in [0.2, 0.25) is 0 Å². The van der Waals surface area contributed by atoms with Gasteiger partial charge in [-0.3, -0.25) is 9.80 Å². The second-order valence-corrected chi connectivity index (χ2v) is 6.85. The molecule has 1 aromatic carbocycles. The standard InChI is InChI=1S/C17H25N3/c1-12-10-19-8-2-3-15(19)11-20(12)17-7-4-13-9-14(18)5-6-16(13)17/h5-6,9,12,15,17H,2-4,7-8,10-11,18H2,1H3. The average molecular weight is 271 g/mol. The molecule has 2 N–H and O–H groups in total. The maximum atomic E-state index is 5.93. The smallest absolute Gasteiger partial charge is 0.0358 e. The van der Waals surface area contributed by atoms with Crippen LogP contribution < -0.4 is 5.73 Å². The second-order valence-electron chi connectivity index (χ2n) is 6.85. The van der Waals surface area contributed by atoms with E-state index in [1.807, 2.05) is 0 Å². The summed E-state index contributed by atoms with van der Waals surface area (Å²) in [4.78, 5) is 5.48. The van der Waals surface area contributed by atoms with Gasteiger partial charge in [-0.2, -0.15) is 0 Å². The molecule has 0 saturated carbocycles. The monoisotopic (exact) mass is 271 g/mol. The zero-order valence-electron chi connectivity index (χ0n) is 12.4. The van der Waals surface area contributed by atoms with Gasteiger partial charge in [0.15, 0.2) is 0 Å². The van der Waals surface area contributed by atoms with Crippen LogP contribution in [0.5, 0.6) is 0 Å². The SMILES string of the molecule is CC1CN2CCCC2CN1C1CCc2cc(N)ccc21. The molecular weight excluding hydrogens is 246 g/mol. The Balaban J connectivity index is 1.59. The zero-order valence-corrected chi connectivity index (χ0v) is 12.4. The van der Waals surface area contributed by atoms with Gasteiger partial charge in [-0.15, -0.1) is 0 Å². The minimum absolute atomic E-state index is 0.628. The number of hydrogen-bond acceptors (Lipinski definition) is 3. The highest BCUT2D eigenvalue weighted by Crippen LogP contribution is 2.40. The number of anilines is 1. The molecule has 20 heavy (non-hydrogen) atoms. The molecule has 3 atom stereocenters. The fourth-order valence-electron chi connectivity index (χ4n) is 4.60. The third-order valence-corrected chi connectivity index (χ3v) is 5.60. The number of nitrogens with two attached hydrogens (primary N) is 1. The van der Waals surface area contributed by atoms with E-state index in [1.165, 1.54) is 56.4 Å². The Morgan fingerprint density at radius 2 is 2.10 bits per heavy atom. The number of hydrogen-bond donors (Lipinski definition) is 1. The van der Waals surface area contributed by atoms with Crippen LogP contribution in [-0.4, -0.2) is 41.5 Å². The van der Waals surface area contributed by atoms with Crippen LogP contribution in [0, 0.1) is 0 Å². The molecule has 1 aliphatic carbocycles. The van der Waals surface area contributed by atoms with E-state index in [4.69, 9.17) is 5.73 Å². The largest absolute Gasteiger partial charge is 0.399 e. The first-order chi connectivity index (χ1) is 9.72. The highest BCUT2D eigenvalue weighted by atomic mass is 15.3. The topological polar surface area (TPSA) is 32.5 Å². The Hall–Kier alpha value is -1.06. The normalized spacial score (nSPS) is 34.1. The molecule has 2 saturated heterocycles. The van der Waals surface area contributed by atoms with E-state index >= 15 is 0 Å². The summed E-state index contributed by atoms with van der Waals surface area (Å²) in [5.74, 6) is 0. The molecule has 4 rings (SSSR count). The minimum atomic E-state index is 0.628. The number of nitrogen functional groups attached to an aromatic ring is 1. The van der Waals surface area contributed by atoms with Crippen molar-refractivity contribution in [3.05, 3.63) is 29.3 Å². The summed E-state index contributed by atoms with van der Waals surface area (Å²) in [6.07, 6.45) is 5.26. The van der Waals surface area contributed by atoms with Gasteiger partial charge >= 0.3 is 0 Å². The summed E-state index contributed by atoms with van der Waals surface area (Å²) in [5, 5.41) is 0. The molecule has 2 fully saturated rings. The Labute approximate surface area is 121 Å². The molecule has 0 aromatic heterocycles. The Bertz CT molecular complexity index is 513. The molecule has 2 aliphatic heterocycles. The fraction of sp³-hybridized carbons (Fsp3) is 0.647. The first-order valence-corrected chi connectivity index (χ1v) is 8.10. The van der Waals surface area contributed by atoms with Crippen molar-refractivity contribution < 1.29 is 0 Å². The Morgan fingerprint density at radius 3 is 3.00 bits per heavy atom. The number of aryl methyl sites for hydroxylation is 1. The van der Waals surface area contributed by atoms with E-state index in [0.29, 0.717) is 12.1 Å². The average Bonchev–Trinajstić information content (AvgIpc) is 3.03. The van der Waals surface area contributed by atoms with Crippen molar-refractivity contribution in [3.8, 4) is 0 Å². The number of rotatable bonds is 1. The van der Waals surface area contributed by atoms with Gasteiger partial charge in [-0.05, 0) is 62.4 Å². The maximum absolute atomic E-state index is 5.93. The highest BCUT2D eigenvalue weighted by molar-refractivity contribution is 5.47. The third-order valence-electron chi connectivity index (χ3n) is 5.60. The van der Waals surface area contributed by atoms with Crippen LogP contribution >= 0.6 is 0 Å². The van der Waals surface area contributed by atoms with Gasteiger partial charge in [0.1, 0.15) is 0 Å². The first-order valence-electron chi connectivity index (χ1n) is 8.10. The molecule has 0 spiro atoms. The van der Waals surface area contributed by atoms with Crippen molar-refractivity contribution in [2.24, 2.45) is 0 Å².